The lowest BCUT2D eigenvalue weighted by Gasteiger charge is -2.45. The van der Waals surface area contributed by atoms with E-state index < -0.39 is 5.97 Å². The van der Waals surface area contributed by atoms with Crippen molar-refractivity contribution in [2.75, 3.05) is 24.5 Å². The first-order chi connectivity index (χ1) is 18.4. The molecule has 1 fully saturated rings. The standard InChI is InChI=1S/C31H40N4O3/c1-4-21(2)31(14-6-5-7-15-31)20-35-22(3)26(17-32-35)25-11-12-28(33-29(25)30(37)38)34-16-13-23-9-8-10-24(19-36)27(23)18-34/h8-12,19,21,32H,4-7,13-18,20H2,1-3H3,(H,37,38). The minimum atomic E-state index is -1.02. The maximum absolute atomic E-state index is 12.4. The van der Waals surface area contributed by atoms with Gasteiger partial charge in [0.05, 0.1) is 0 Å². The van der Waals surface area contributed by atoms with Crippen molar-refractivity contribution in [3.8, 4) is 0 Å². The molecule has 3 aliphatic rings. The molecule has 1 aromatic heterocycles. The van der Waals surface area contributed by atoms with Gasteiger partial charge in [-0.3, -0.25) is 4.79 Å². The number of pyridine rings is 1. The maximum atomic E-state index is 12.4. The molecule has 3 heterocycles. The van der Waals surface area contributed by atoms with Crippen molar-refractivity contribution in [3.05, 3.63) is 64.0 Å². The molecule has 202 valence electrons. The lowest BCUT2D eigenvalue weighted by molar-refractivity contribution is 0.0492. The van der Waals surface area contributed by atoms with Gasteiger partial charge in [-0.2, -0.15) is 0 Å². The molecule has 7 nitrogen and oxygen atoms in total. The minimum Gasteiger partial charge on any atom is -0.476 e. The molecule has 1 aliphatic carbocycles. The number of aldehydes is 1. The van der Waals surface area contributed by atoms with Crippen molar-refractivity contribution in [3.63, 3.8) is 0 Å². The zero-order valence-corrected chi connectivity index (χ0v) is 22.9. The number of hydrogen-bond donors (Lipinski definition) is 2. The summed E-state index contributed by atoms with van der Waals surface area (Å²) in [6.45, 7) is 9.62. The number of carboxylic acid groups (broad SMARTS) is 1. The third-order valence-electron chi connectivity index (χ3n) is 9.44. The van der Waals surface area contributed by atoms with E-state index in [1.807, 2.05) is 24.3 Å². The van der Waals surface area contributed by atoms with E-state index in [0.29, 0.717) is 41.4 Å². The van der Waals surface area contributed by atoms with Gasteiger partial charge in [-0.05, 0) is 66.4 Å². The second-order valence-corrected chi connectivity index (χ2v) is 11.4. The Hall–Kier alpha value is -3.19. The van der Waals surface area contributed by atoms with Crippen LogP contribution in [0.4, 0.5) is 5.82 Å². The first kappa shape index (κ1) is 26.4. The highest BCUT2D eigenvalue weighted by molar-refractivity contribution is 5.93. The molecular formula is C31H40N4O3. The van der Waals surface area contributed by atoms with Gasteiger partial charge in [-0.1, -0.05) is 57.7 Å². The summed E-state index contributed by atoms with van der Waals surface area (Å²) in [5.41, 5.74) is 9.59. The van der Waals surface area contributed by atoms with E-state index in [9.17, 15) is 14.7 Å². The Balaban J connectivity index is 1.42. The lowest BCUT2D eigenvalue weighted by Crippen LogP contribution is -2.45. The average Bonchev–Trinajstić information content (AvgIpc) is 3.31. The molecule has 1 atom stereocenters. The molecular weight excluding hydrogens is 476 g/mol. The summed E-state index contributed by atoms with van der Waals surface area (Å²) in [6.07, 6.45) is 9.28. The highest BCUT2D eigenvalue weighted by Gasteiger charge is 2.39. The Morgan fingerprint density at radius 3 is 2.71 bits per heavy atom. The Bertz CT molecular complexity index is 1250. The lowest BCUT2D eigenvalue weighted by atomic mass is 9.65. The van der Waals surface area contributed by atoms with Crippen molar-refractivity contribution in [1.82, 2.24) is 15.4 Å². The molecule has 38 heavy (non-hydrogen) atoms. The number of rotatable bonds is 8. The molecule has 7 heteroatoms. The van der Waals surface area contributed by atoms with Crippen LogP contribution in [0.1, 0.15) is 96.8 Å². The van der Waals surface area contributed by atoms with E-state index in [0.717, 1.165) is 42.6 Å². The van der Waals surface area contributed by atoms with E-state index in [1.165, 1.54) is 44.1 Å². The summed E-state index contributed by atoms with van der Waals surface area (Å²) < 4.78 is 0. The van der Waals surface area contributed by atoms with Crippen LogP contribution in [0.2, 0.25) is 0 Å². The van der Waals surface area contributed by atoms with E-state index in [-0.39, 0.29) is 5.69 Å². The third-order valence-corrected chi connectivity index (χ3v) is 9.44. The molecule has 1 aromatic carbocycles. The summed E-state index contributed by atoms with van der Waals surface area (Å²) >= 11 is 0. The molecule has 2 aromatic rings. The second-order valence-electron chi connectivity index (χ2n) is 11.4. The molecule has 0 amide bonds. The van der Waals surface area contributed by atoms with Crippen LogP contribution in [0.25, 0.3) is 5.57 Å². The number of aromatic carboxylic acids is 1. The fraction of sp³-hybridized carbons (Fsp3) is 0.516. The fourth-order valence-electron chi connectivity index (χ4n) is 6.80. The number of nitrogens with one attached hydrogen (secondary N) is 1. The third kappa shape index (κ3) is 4.84. The van der Waals surface area contributed by atoms with Crippen molar-refractivity contribution in [2.45, 2.75) is 72.3 Å². The first-order valence-electron chi connectivity index (χ1n) is 14.1. The predicted molar refractivity (Wildman–Crippen MR) is 150 cm³/mol. The first-order valence-corrected chi connectivity index (χ1v) is 14.1. The monoisotopic (exact) mass is 516 g/mol. The van der Waals surface area contributed by atoms with Crippen LogP contribution in [0.15, 0.2) is 36.0 Å². The number of carboxylic acids is 1. The topological polar surface area (TPSA) is 85.8 Å². The minimum absolute atomic E-state index is 0.0873. The molecule has 0 saturated heterocycles. The Morgan fingerprint density at radius 2 is 2.00 bits per heavy atom. The van der Waals surface area contributed by atoms with Crippen LogP contribution >= 0.6 is 0 Å². The fourth-order valence-corrected chi connectivity index (χ4v) is 6.80. The van der Waals surface area contributed by atoms with Crippen LogP contribution in [-0.4, -0.2) is 47.0 Å². The van der Waals surface area contributed by atoms with Gasteiger partial charge in [0.15, 0.2) is 5.69 Å². The highest BCUT2D eigenvalue weighted by Crippen LogP contribution is 2.45. The van der Waals surface area contributed by atoms with Crippen LogP contribution in [0.3, 0.4) is 0 Å². The molecule has 0 radical (unpaired) electrons. The van der Waals surface area contributed by atoms with Gasteiger partial charge in [0.2, 0.25) is 0 Å². The number of allylic oxidation sites excluding steroid dienone is 1. The average molecular weight is 517 g/mol. The van der Waals surface area contributed by atoms with Crippen molar-refractivity contribution < 1.29 is 14.7 Å². The van der Waals surface area contributed by atoms with Gasteiger partial charge in [0, 0.05) is 43.0 Å². The number of fused-ring (bicyclic) bond motifs is 1. The van der Waals surface area contributed by atoms with E-state index in [1.54, 1.807) is 0 Å². The summed E-state index contributed by atoms with van der Waals surface area (Å²) in [7, 11) is 0. The van der Waals surface area contributed by atoms with Gasteiger partial charge < -0.3 is 15.0 Å². The number of aromatic nitrogens is 1. The Kier molecular flexibility index (Phi) is 7.57. The SMILES string of the molecule is CCC(C)C1(CN2NCC(c3ccc(N4CCc5cccc(C=O)c5C4)nc3C(=O)O)=C2C)CCCCC1. The number of carbonyl (C=O) groups is 2. The van der Waals surface area contributed by atoms with Gasteiger partial charge in [-0.25, -0.2) is 15.2 Å². The molecule has 5 rings (SSSR count). The number of carbonyl (C=O) groups excluding carboxylic acids is 1. The van der Waals surface area contributed by atoms with Crippen molar-refractivity contribution in [2.24, 2.45) is 11.3 Å². The van der Waals surface area contributed by atoms with Crippen LogP contribution in [-0.2, 0) is 13.0 Å². The van der Waals surface area contributed by atoms with E-state index in [4.69, 9.17) is 0 Å². The Morgan fingerprint density at radius 1 is 1.21 bits per heavy atom. The zero-order valence-electron chi connectivity index (χ0n) is 22.9. The van der Waals surface area contributed by atoms with E-state index in [2.05, 4.69) is 47.2 Å². The summed E-state index contributed by atoms with van der Waals surface area (Å²) in [4.78, 5) is 30.7. The molecule has 0 bridgehead atoms. The zero-order chi connectivity index (χ0) is 26.9. The number of anilines is 1. The summed E-state index contributed by atoms with van der Waals surface area (Å²) in [6, 6.07) is 9.66. The normalized spacial score (nSPS) is 19.9. The van der Waals surface area contributed by atoms with Crippen molar-refractivity contribution in [1.29, 1.82) is 0 Å². The maximum Gasteiger partial charge on any atom is 0.355 e. The van der Waals surface area contributed by atoms with Crippen LogP contribution in [0.5, 0.6) is 0 Å². The van der Waals surface area contributed by atoms with Gasteiger partial charge in [0.1, 0.15) is 12.1 Å². The summed E-state index contributed by atoms with van der Waals surface area (Å²) in [5, 5.41) is 12.4. The highest BCUT2D eigenvalue weighted by atomic mass is 16.4. The van der Waals surface area contributed by atoms with E-state index >= 15 is 0 Å². The number of benzene rings is 1. The number of nitrogens with zero attached hydrogens (tertiary/aromatic N) is 3. The smallest absolute Gasteiger partial charge is 0.355 e. The second kappa shape index (κ2) is 10.9. The Labute approximate surface area is 225 Å². The summed E-state index contributed by atoms with van der Waals surface area (Å²) in [5.74, 6) is 0.262. The molecule has 0 spiro atoms. The quantitative estimate of drug-likeness (QED) is 0.435. The number of hydrogen-bond acceptors (Lipinski definition) is 6. The van der Waals surface area contributed by atoms with Crippen LogP contribution < -0.4 is 10.3 Å². The van der Waals surface area contributed by atoms with Gasteiger partial charge in [0.25, 0.3) is 0 Å². The largest absolute Gasteiger partial charge is 0.476 e. The van der Waals surface area contributed by atoms with Gasteiger partial charge >= 0.3 is 5.97 Å². The van der Waals surface area contributed by atoms with Crippen molar-refractivity contribution >= 4 is 23.6 Å². The predicted octanol–water partition coefficient (Wildman–Crippen LogP) is 5.70. The van der Waals surface area contributed by atoms with Gasteiger partial charge in [-0.15, -0.1) is 0 Å². The molecule has 1 unspecified atom stereocenters. The number of hydrazine groups is 1. The molecule has 2 aliphatic heterocycles. The van der Waals surface area contributed by atoms with Crippen LogP contribution in [0, 0.1) is 11.3 Å². The molecule has 2 N–H and O–H groups in total. The molecule has 1 saturated carbocycles.